The summed E-state index contributed by atoms with van der Waals surface area (Å²) in [7, 11) is -2.27. The molecule has 0 aliphatic rings. The van der Waals surface area contributed by atoms with Gasteiger partial charge in [-0.05, 0) is 72.1 Å². The van der Waals surface area contributed by atoms with Gasteiger partial charge in [-0.15, -0.1) is 0 Å². The Balaban J connectivity index is 2.13. The molecule has 0 radical (unpaired) electrons. The molecule has 7 nitrogen and oxygen atoms in total. The van der Waals surface area contributed by atoms with Crippen molar-refractivity contribution in [3.63, 3.8) is 0 Å². The van der Waals surface area contributed by atoms with E-state index < -0.39 is 15.9 Å². The first kappa shape index (κ1) is 23.2. The molecule has 2 aromatic carbocycles. The SMILES string of the molecule is CCc1ccc(OCC(=O)Nc2cc(S(=O)(=O)NC(C)C)ccc2OC)c(Br)c1. The van der Waals surface area contributed by atoms with E-state index in [1.807, 2.05) is 19.1 Å². The van der Waals surface area contributed by atoms with Gasteiger partial charge in [0.25, 0.3) is 5.91 Å². The quantitative estimate of drug-likeness (QED) is 0.565. The number of hydrogen-bond acceptors (Lipinski definition) is 5. The highest BCUT2D eigenvalue weighted by atomic mass is 79.9. The summed E-state index contributed by atoms with van der Waals surface area (Å²) in [6, 6.07) is 9.66. The number of ether oxygens (including phenoxy) is 2. The lowest BCUT2D eigenvalue weighted by Gasteiger charge is -2.14. The smallest absolute Gasteiger partial charge is 0.262 e. The van der Waals surface area contributed by atoms with E-state index in [9.17, 15) is 13.2 Å². The predicted octanol–water partition coefficient (Wildman–Crippen LogP) is 3.72. The van der Waals surface area contributed by atoms with Crippen LogP contribution in [0.3, 0.4) is 0 Å². The van der Waals surface area contributed by atoms with Crippen molar-refractivity contribution in [3.05, 3.63) is 46.4 Å². The van der Waals surface area contributed by atoms with Crippen molar-refractivity contribution in [2.45, 2.75) is 38.1 Å². The van der Waals surface area contributed by atoms with Crippen LogP contribution in [0.25, 0.3) is 0 Å². The number of anilines is 1. The highest BCUT2D eigenvalue weighted by Crippen LogP contribution is 2.28. The largest absolute Gasteiger partial charge is 0.495 e. The summed E-state index contributed by atoms with van der Waals surface area (Å²) >= 11 is 3.43. The standard InChI is InChI=1S/C20H25BrN2O5S/c1-5-14-6-8-18(16(21)10-14)28-12-20(24)22-17-11-15(7-9-19(17)27-4)29(25,26)23-13(2)3/h6-11,13,23H,5,12H2,1-4H3,(H,22,24). The summed E-state index contributed by atoms with van der Waals surface area (Å²) in [4.78, 5) is 12.4. The van der Waals surface area contributed by atoms with Crippen LogP contribution in [0.2, 0.25) is 0 Å². The Labute approximate surface area is 180 Å². The summed E-state index contributed by atoms with van der Waals surface area (Å²) < 4.78 is 38.8. The van der Waals surface area contributed by atoms with Crippen LogP contribution in [0.15, 0.2) is 45.8 Å². The van der Waals surface area contributed by atoms with E-state index in [1.54, 1.807) is 19.9 Å². The molecule has 1 amide bonds. The summed E-state index contributed by atoms with van der Waals surface area (Å²) in [5, 5.41) is 2.64. The molecule has 9 heteroatoms. The number of hydrogen-bond donors (Lipinski definition) is 2. The van der Waals surface area contributed by atoms with E-state index in [0.29, 0.717) is 11.5 Å². The number of benzene rings is 2. The maximum Gasteiger partial charge on any atom is 0.262 e. The molecule has 158 valence electrons. The van der Waals surface area contributed by atoms with E-state index in [2.05, 4.69) is 26.0 Å². The summed E-state index contributed by atoms with van der Waals surface area (Å²) in [5.41, 5.74) is 1.39. The lowest BCUT2D eigenvalue weighted by atomic mass is 10.2. The average molecular weight is 485 g/mol. The Bertz CT molecular complexity index is 977. The molecule has 2 rings (SSSR count). The third-order valence-corrected chi connectivity index (χ3v) is 6.19. The van der Waals surface area contributed by atoms with E-state index in [-0.39, 0.29) is 23.2 Å². The minimum absolute atomic E-state index is 0.0288. The number of methoxy groups -OCH3 is 1. The van der Waals surface area contributed by atoms with Gasteiger partial charge in [-0.2, -0.15) is 0 Å². The lowest BCUT2D eigenvalue weighted by molar-refractivity contribution is -0.118. The average Bonchev–Trinajstić information content (AvgIpc) is 2.65. The molecule has 0 aliphatic heterocycles. The topological polar surface area (TPSA) is 93.7 Å². The van der Waals surface area contributed by atoms with Gasteiger partial charge in [0.1, 0.15) is 11.5 Å². The Kier molecular flexibility index (Phi) is 8.06. The van der Waals surface area contributed by atoms with Crippen molar-refractivity contribution < 1.29 is 22.7 Å². The molecule has 0 unspecified atom stereocenters. The highest BCUT2D eigenvalue weighted by Gasteiger charge is 2.18. The fourth-order valence-electron chi connectivity index (χ4n) is 2.54. The Morgan fingerprint density at radius 1 is 1.14 bits per heavy atom. The number of aryl methyl sites for hydroxylation is 1. The summed E-state index contributed by atoms with van der Waals surface area (Å²) in [6.07, 6.45) is 0.893. The van der Waals surface area contributed by atoms with Crippen LogP contribution in [-0.4, -0.2) is 34.1 Å². The second kappa shape index (κ2) is 10.1. The second-order valence-corrected chi connectivity index (χ2v) is 9.16. The fourth-order valence-corrected chi connectivity index (χ4v) is 4.36. The van der Waals surface area contributed by atoms with Gasteiger partial charge in [-0.3, -0.25) is 4.79 Å². The molecule has 2 aromatic rings. The lowest BCUT2D eigenvalue weighted by Crippen LogP contribution is -2.30. The van der Waals surface area contributed by atoms with Crippen LogP contribution in [0.4, 0.5) is 5.69 Å². The molecule has 0 heterocycles. The molecule has 0 saturated heterocycles. The molecule has 0 saturated carbocycles. The van der Waals surface area contributed by atoms with Crippen molar-refractivity contribution in [1.82, 2.24) is 4.72 Å². The van der Waals surface area contributed by atoms with Gasteiger partial charge in [0, 0.05) is 6.04 Å². The monoisotopic (exact) mass is 484 g/mol. The van der Waals surface area contributed by atoms with Crippen LogP contribution in [-0.2, 0) is 21.2 Å². The molecule has 0 bridgehead atoms. The molecular weight excluding hydrogens is 460 g/mol. The number of nitrogens with one attached hydrogen (secondary N) is 2. The number of rotatable bonds is 9. The molecular formula is C20H25BrN2O5S. The first-order valence-corrected chi connectivity index (χ1v) is 11.3. The number of carbonyl (C=O) groups is 1. The van der Waals surface area contributed by atoms with Crippen LogP contribution in [0.1, 0.15) is 26.3 Å². The maximum absolute atomic E-state index is 12.4. The van der Waals surface area contributed by atoms with Crippen molar-refractivity contribution in [2.24, 2.45) is 0 Å². The van der Waals surface area contributed by atoms with Gasteiger partial charge in [0.2, 0.25) is 10.0 Å². The Hall–Kier alpha value is -2.10. The van der Waals surface area contributed by atoms with E-state index in [4.69, 9.17) is 9.47 Å². The zero-order valence-corrected chi connectivity index (χ0v) is 19.2. The minimum Gasteiger partial charge on any atom is -0.495 e. The molecule has 0 atom stereocenters. The second-order valence-electron chi connectivity index (χ2n) is 6.59. The molecule has 0 spiro atoms. The van der Waals surface area contributed by atoms with Crippen molar-refractivity contribution in [1.29, 1.82) is 0 Å². The predicted molar refractivity (Wildman–Crippen MR) is 116 cm³/mol. The van der Waals surface area contributed by atoms with Gasteiger partial charge in [0.15, 0.2) is 6.61 Å². The zero-order chi connectivity index (χ0) is 21.6. The third kappa shape index (κ3) is 6.45. The van der Waals surface area contributed by atoms with Crippen LogP contribution >= 0.6 is 15.9 Å². The van der Waals surface area contributed by atoms with Gasteiger partial charge in [-0.1, -0.05) is 13.0 Å². The van der Waals surface area contributed by atoms with Crippen LogP contribution in [0, 0.1) is 0 Å². The minimum atomic E-state index is -3.70. The third-order valence-electron chi connectivity index (χ3n) is 3.91. The van der Waals surface area contributed by atoms with Gasteiger partial charge in [0.05, 0.1) is 22.2 Å². The van der Waals surface area contributed by atoms with E-state index in [1.165, 1.54) is 25.3 Å². The molecule has 2 N–H and O–H groups in total. The van der Waals surface area contributed by atoms with Crippen molar-refractivity contribution in [2.75, 3.05) is 19.0 Å². The van der Waals surface area contributed by atoms with Crippen LogP contribution < -0.4 is 19.5 Å². The van der Waals surface area contributed by atoms with Gasteiger partial charge < -0.3 is 14.8 Å². The first-order valence-electron chi connectivity index (χ1n) is 9.07. The Morgan fingerprint density at radius 3 is 2.41 bits per heavy atom. The first-order chi connectivity index (χ1) is 13.7. The molecule has 29 heavy (non-hydrogen) atoms. The fraction of sp³-hybridized carbons (Fsp3) is 0.350. The molecule has 0 fully saturated rings. The number of amides is 1. The van der Waals surface area contributed by atoms with Gasteiger partial charge in [-0.25, -0.2) is 13.1 Å². The number of carbonyl (C=O) groups excluding carboxylic acids is 1. The summed E-state index contributed by atoms with van der Waals surface area (Å²) in [6.45, 7) is 5.27. The Morgan fingerprint density at radius 2 is 1.83 bits per heavy atom. The normalized spacial score (nSPS) is 11.4. The maximum atomic E-state index is 12.4. The van der Waals surface area contributed by atoms with E-state index >= 15 is 0 Å². The van der Waals surface area contributed by atoms with E-state index in [0.717, 1.165) is 16.5 Å². The van der Waals surface area contributed by atoms with Crippen molar-refractivity contribution in [3.8, 4) is 11.5 Å². The molecule has 0 aliphatic carbocycles. The highest BCUT2D eigenvalue weighted by molar-refractivity contribution is 9.10. The number of halogens is 1. The zero-order valence-electron chi connectivity index (χ0n) is 16.8. The number of sulfonamides is 1. The molecule has 0 aromatic heterocycles. The summed E-state index contributed by atoms with van der Waals surface area (Å²) in [5.74, 6) is 0.443. The van der Waals surface area contributed by atoms with Crippen LogP contribution in [0.5, 0.6) is 11.5 Å². The van der Waals surface area contributed by atoms with Gasteiger partial charge >= 0.3 is 0 Å². The van der Waals surface area contributed by atoms with Crippen molar-refractivity contribution >= 4 is 37.5 Å².